The zero-order valence-corrected chi connectivity index (χ0v) is 14.2. The number of hydrogen-bond acceptors (Lipinski definition) is 6. The van der Waals surface area contributed by atoms with E-state index in [1.54, 1.807) is 0 Å². The van der Waals surface area contributed by atoms with Gasteiger partial charge in [-0.25, -0.2) is 9.59 Å². The van der Waals surface area contributed by atoms with E-state index in [2.05, 4.69) is 4.90 Å². The third-order valence-corrected chi connectivity index (χ3v) is 2.48. The first kappa shape index (κ1) is 21.7. The Morgan fingerprint density at radius 1 is 1.00 bits per heavy atom. The predicted octanol–water partition coefficient (Wildman–Crippen LogP) is 1.20. The van der Waals surface area contributed by atoms with Crippen molar-refractivity contribution in [3.8, 4) is 11.5 Å². The molecule has 0 fully saturated rings. The van der Waals surface area contributed by atoms with Crippen molar-refractivity contribution in [2.45, 2.75) is 6.92 Å². The highest BCUT2D eigenvalue weighted by molar-refractivity contribution is 6.27. The van der Waals surface area contributed by atoms with Gasteiger partial charge in [-0.05, 0) is 33.2 Å². The summed E-state index contributed by atoms with van der Waals surface area (Å²) in [6.45, 7) is 5.45. The molecule has 2 N–H and O–H groups in total. The van der Waals surface area contributed by atoms with Crippen molar-refractivity contribution >= 4 is 11.9 Å². The summed E-state index contributed by atoms with van der Waals surface area (Å²) in [5.74, 6) is -1.99. The second-order valence-electron chi connectivity index (χ2n) is 4.78. The van der Waals surface area contributed by atoms with Gasteiger partial charge in [0.2, 0.25) is 0 Å². The molecular weight excluding hydrogens is 318 g/mol. The minimum atomic E-state index is -1.82. The van der Waals surface area contributed by atoms with Gasteiger partial charge >= 0.3 is 11.9 Å². The van der Waals surface area contributed by atoms with Crippen molar-refractivity contribution in [1.29, 1.82) is 0 Å². The van der Waals surface area contributed by atoms with E-state index in [4.69, 9.17) is 34.0 Å². The maximum absolute atomic E-state index is 9.10. The summed E-state index contributed by atoms with van der Waals surface area (Å²) >= 11 is 0. The van der Waals surface area contributed by atoms with Crippen LogP contribution in [0.2, 0.25) is 0 Å². The van der Waals surface area contributed by atoms with Gasteiger partial charge in [0, 0.05) is 12.6 Å². The molecule has 0 saturated heterocycles. The van der Waals surface area contributed by atoms with Crippen LogP contribution in [0.3, 0.4) is 0 Å². The molecule has 8 heteroatoms. The molecule has 0 unspecified atom stereocenters. The van der Waals surface area contributed by atoms with Crippen molar-refractivity contribution in [3.05, 3.63) is 24.3 Å². The molecule has 0 bridgehead atoms. The van der Waals surface area contributed by atoms with Crippen LogP contribution < -0.4 is 9.47 Å². The first-order valence-corrected chi connectivity index (χ1v) is 7.41. The standard InChI is InChI=1S/C14H23NO3.C2H2O4/c1-4-17-13-6-5-7-14(12-13)18-11-10-16-9-8-15(2)3;3-1(4)2(5)6/h5-7,12H,4,8-11H2,1-3H3;(H,3,4)(H,5,6). The van der Waals surface area contributed by atoms with E-state index < -0.39 is 11.9 Å². The molecule has 8 nitrogen and oxygen atoms in total. The Bertz CT molecular complexity index is 479. The van der Waals surface area contributed by atoms with Gasteiger partial charge in [-0.2, -0.15) is 0 Å². The van der Waals surface area contributed by atoms with Crippen LogP contribution in [0.1, 0.15) is 6.92 Å². The summed E-state index contributed by atoms with van der Waals surface area (Å²) in [7, 11) is 4.05. The smallest absolute Gasteiger partial charge is 0.414 e. The topological polar surface area (TPSA) is 106 Å². The van der Waals surface area contributed by atoms with Crippen molar-refractivity contribution in [2.75, 3.05) is 47.1 Å². The van der Waals surface area contributed by atoms with E-state index in [0.29, 0.717) is 19.8 Å². The Labute approximate surface area is 141 Å². The number of likely N-dealkylation sites (N-methyl/N-ethyl adjacent to an activating group) is 1. The Morgan fingerprint density at radius 2 is 1.58 bits per heavy atom. The number of benzene rings is 1. The predicted molar refractivity (Wildman–Crippen MR) is 87.8 cm³/mol. The highest BCUT2D eigenvalue weighted by Crippen LogP contribution is 2.19. The molecule has 0 aliphatic heterocycles. The molecule has 24 heavy (non-hydrogen) atoms. The first-order valence-electron chi connectivity index (χ1n) is 7.41. The Morgan fingerprint density at radius 3 is 2.08 bits per heavy atom. The monoisotopic (exact) mass is 343 g/mol. The molecule has 0 spiro atoms. The minimum absolute atomic E-state index is 0.559. The molecule has 0 amide bonds. The van der Waals surface area contributed by atoms with Gasteiger partial charge in [-0.15, -0.1) is 0 Å². The molecule has 1 rings (SSSR count). The largest absolute Gasteiger partial charge is 0.494 e. The normalized spacial score (nSPS) is 9.83. The zero-order chi connectivity index (χ0) is 18.4. The Kier molecular flexibility index (Phi) is 11.9. The van der Waals surface area contributed by atoms with E-state index in [0.717, 1.165) is 24.7 Å². The molecule has 0 saturated carbocycles. The highest BCUT2D eigenvalue weighted by atomic mass is 16.5. The first-order chi connectivity index (χ1) is 11.4. The van der Waals surface area contributed by atoms with Crippen LogP contribution in [0.5, 0.6) is 11.5 Å². The van der Waals surface area contributed by atoms with Gasteiger partial charge in [0.05, 0.1) is 19.8 Å². The van der Waals surface area contributed by atoms with Gasteiger partial charge in [-0.1, -0.05) is 6.07 Å². The number of aliphatic carboxylic acids is 2. The van der Waals surface area contributed by atoms with Crippen LogP contribution in [0.25, 0.3) is 0 Å². The third-order valence-electron chi connectivity index (χ3n) is 2.48. The Hall–Kier alpha value is -2.32. The summed E-state index contributed by atoms with van der Waals surface area (Å²) < 4.78 is 16.4. The van der Waals surface area contributed by atoms with Crippen LogP contribution in [-0.4, -0.2) is 74.1 Å². The third kappa shape index (κ3) is 12.2. The van der Waals surface area contributed by atoms with Gasteiger partial charge in [0.1, 0.15) is 18.1 Å². The average Bonchev–Trinajstić information content (AvgIpc) is 2.51. The second-order valence-corrected chi connectivity index (χ2v) is 4.78. The molecule has 0 aliphatic rings. The number of nitrogens with zero attached hydrogens (tertiary/aromatic N) is 1. The quantitative estimate of drug-likeness (QED) is 0.509. The lowest BCUT2D eigenvalue weighted by molar-refractivity contribution is -0.159. The molecule has 0 radical (unpaired) electrons. The molecule has 0 aromatic heterocycles. The molecule has 0 heterocycles. The van der Waals surface area contributed by atoms with Crippen LogP contribution >= 0.6 is 0 Å². The number of hydrogen-bond donors (Lipinski definition) is 2. The van der Waals surface area contributed by atoms with Crippen molar-refractivity contribution in [2.24, 2.45) is 0 Å². The number of ether oxygens (including phenoxy) is 3. The van der Waals surface area contributed by atoms with Crippen molar-refractivity contribution in [1.82, 2.24) is 4.90 Å². The Balaban J connectivity index is 0.000000754. The molecule has 136 valence electrons. The summed E-state index contributed by atoms with van der Waals surface area (Å²) in [5.41, 5.74) is 0. The second kappa shape index (κ2) is 13.1. The van der Waals surface area contributed by atoms with Gasteiger partial charge in [0.15, 0.2) is 0 Å². The summed E-state index contributed by atoms with van der Waals surface area (Å²) in [4.78, 5) is 20.3. The number of carboxylic acids is 2. The van der Waals surface area contributed by atoms with E-state index >= 15 is 0 Å². The lowest BCUT2D eigenvalue weighted by Gasteiger charge is -2.11. The average molecular weight is 343 g/mol. The molecule has 1 aromatic carbocycles. The van der Waals surface area contributed by atoms with Gasteiger partial charge < -0.3 is 29.3 Å². The molecule has 0 atom stereocenters. The summed E-state index contributed by atoms with van der Waals surface area (Å²) in [6, 6.07) is 7.66. The number of carbonyl (C=O) groups is 2. The summed E-state index contributed by atoms with van der Waals surface area (Å²) in [5, 5.41) is 14.8. The van der Waals surface area contributed by atoms with E-state index in [1.807, 2.05) is 45.3 Å². The molecule has 0 aliphatic carbocycles. The van der Waals surface area contributed by atoms with E-state index in [9.17, 15) is 0 Å². The van der Waals surface area contributed by atoms with Gasteiger partial charge in [-0.3, -0.25) is 0 Å². The zero-order valence-electron chi connectivity index (χ0n) is 14.2. The summed E-state index contributed by atoms with van der Waals surface area (Å²) in [6.07, 6.45) is 0. The highest BCUT2D eigenvalue weighted by Gasteiger charge is 2.04. The van der Waals surface area contributed by atoms with Gasteiger partial charge in [0.25, 0.3) is 0 Å². The van der Waals surface area contributed by atoms with Crippen LogP contribution in [0.15, 0.2) is 24.3 Å². The maximum atomic E-state index is 9.10. The van der Waals surface area contributed by atoms with Crippen LogP contribution in [0, 0.1) is 0 Å². The fourth-order valence-electron chi connectivity index (χ4n) is 1.39. The molecular formula is C16H25NO7. The number of rotatable bonds is 9. The maximum Gasteiger partial charge on any atom is 0.414 e. The lowest BCUT2D eigenvalue weighted by atomic mass is 10.3. The number of carboxylic acid groups (broad SMARTS) is 2. The van der Waals surface area contributed by atoms with E-state index in [-0.39, 0.29) is 0 Å². The van der Waals surface area contributed by atoms with Crippen LogP contribution in [0.4, 0.5) is 0 Å². The van der Waals surface area contributed by atoms with Crippen molar-refractivity contribution in [3.63, 3.8) is 0 Å². The SMILES string of the molecule is CCOc1cccc(OCCOCCN(C)C)c1.O=C(O)C(=O)O. The fourth-order valence-corrected chi connectivity index (χ4v) is 1.39. The molecule has 1 aromatic rings. The fraction of sp³-hybridized carbons (Fsp3) is 0.500. The minimum Gasteiger partial charge on any atom is -0.494 e. The van der Waals surface area contributed by atoms with Crippen molar-refractivity contribution < 1.29 is 34.0 Å². The lowest BCUT2D eigenvalue weighted by Crippen LogP contribution is -2.19. The van der Waals surface area contributed by atoms with Crippen LogP contribution in [-0.2, 0) is 14.3 Å². The van der Waals surface area contributed by atoms with E-state index in [1.165, 1.54) is 0 Å².